The van der Waals surface area contributed by atoms with Crippen LogP contribution >= 0.6 is 0 Å². The molecule has 0 atom stereocenters. The van der Waals surface area contributed by atoms with Crippen molar-refractivity contribution < 1.29 is 9.90 Å². The molecule has 1 aromatic heterocycles. The van der Waals surface area contributed by atoms with E-state index < -0.39 is 5.97 Å². The van der Waals surface area contributed by atoms with E-state index in [1.807, 2.05) is 0 Å². The van der Waals surface area contributed by atoms with Gasteiger partial charge in [-0.2, -0.15) is 5.10 Å². The van der Waals surface area contributed by atoms with Crippen molar-refractivity contribution in [2.75, 3.05) is 0 Å². The Balaban J connectivity index is 2.51. The molecule has 0 spiro atoms. The SMILES string of the molecule is CCc1ccc(C(C)C)cc1-c1cc(C(=O)O)[nH]n1. The Morgan fingerprint density at radius 2 is 2.11 bits per heavy atom. The Kier molecular flexibility index (Phi) is 3.69. The molecular weight excluding hydrogens is 240 g/mol. The fraction of sp³-hybridized carbons (Fsp3) is 0.333. The fourth-order valence-electron chi connectivity index (χ4n) is 2.07. The topological polar surface area (TPSA) is 66.0 Å². The molecule has 4 heteroatoms. The van der Waals surface area contributed by atoms with E-state index in [-0.39, 0.29) is 5.69 Å². The van der Waals surface area contributed by atoms with Gasteiger partial charge in [0.15, 0.2) is 0 Å². The van der Waals surface area contributed by atoms with Gasteiger partial charge in [-0.15, -0.1) is 0 Å². The molecule has 100 valence electrons. The van der Waals surface area contributed by atoms with E-state index in [2.05, 4.69) is 49.2 Å². The number of nitrogens with one attached hydrogen (secondary N) is 1. The summed E-state index contributed by atoms with van der Waals surface area (Å²) in [5, 5.41) is 15.6. The third-order valence-electron chi connectivity index (χ3n) is 3.27. The van der Waals surface area contributed by atoms with E-state index in [1.54, 1.807) is 6.07 Å². The van der Waals surface area contributed by atoms with Crippen molar-refractivity contribution in [2.24, 2.45) is 0 Å². The fourth-order valence-corrected chi connectivity index (χ4v) is 2.07. The lowest BCUT2D eigenvalue weighted by Gasteiger charge is -2.11. The van der Waals surface area contributed by atoms with Crippen LogP contribution in [0.5, 0.6) is 0 Å². The molecule has 0 fully saturated rings. The van der Waals surface area contributed by atoms with E-state index in [1.165, 1.54) is 11.1 Å². The van der Waals surface area contributed by atoms with Crippen molar-refractivity contribution in [3.05, 3.63) is 41.1 Å². The molecule has 0 saturated heterocycles. The number of carboxylic acid groups (broad SMARTS) is 1. The predicted molar refractivity (Wildman–Crippen MR) is 74.5 cm³/mol. The smallest absolute Gasteiger partial charge is 0.353 e. The van der Waals surface area contributed by atoms with Crippen LogP contribution in [0.25, 0.3) is 11.3 Å². The molecule has 2 N–H and O–H groups in total. The summed E-state index contributed by atoms with van der Waals surface area (Å²) in [4.78, 5) is 10.9. The van der Waals surface area contributed by atoms with Gasteiger partial charge >= 0.3 is 5.97 Å². The molecule has 4 nitrogen and oxygen atoms in total. The van der Waals surface area contributed by atoms with Crippen LogP contribution in [0.15, 0.2) is 24.3 Å². The molecule has 0 aliphatic carbocycles. The third-order valence-corrected chi connectivity index (χ3v) is 3.27. The van der Waals surface area contributed by atoms with Gasteiger partial charge in [0.2, 0.25) is 0 Å². The number of benzene rings is 1. The Morgan fingerprint density at radius 1 is 1.37 bits per heavy atom. The summed E-state index contributed by atoms with van der Waals surface area (Å²) < 4.78 is 0. The molecule has 1 aromatic carbocycles. The zero-order valence-corrected chi connectivity index (χ0v) is 11.4. The summed E-state index contributed by atoms with van der Waals surface area (Å²) >= 11 is 0. The third kappa shape index (κ3) is 2.67. The van der Waals surface area contributed by atoms with Gasteiger partial charge in [0, 0.05) is 5.56 Å². The summed E-state index contributed by atoms with van der Waals surface area (Å²) in [7, 11) is 0. The Labute approximate surface area is 112 Å². The molecule has 0 aliphatic heterocycles. The first kappa shape index (κ1) is 13.3. The first-order chi connectivity index (χ1) is 9.02. The molecule has 19 heavy (non-hydrogen) atoms. The van der Waals surface area contributed by atoms with E-state index >= 15 is 0 Å². The maximum absolute atomic E-state index is 10.9. The number of hydrogen-bond donors (Lipinski definition) is 2. The Morgan fingerprint density at radius 3 is 2.63 bits per heavy atom. The number of aromatic carboxylic acids is 1. The number of rotatable bonds is 4. The highest BCUT2D eigenvalue weighted by Gasteiger charge is 2.13. The Hall–Kier alpha value is -2.10. The lowest BCUT2D eigenvalue weighted by atomic mass is 9.94. The second-order valence-electron chi connectivity index (χ2n) is 4.90. The second kappa shape index (κ2) is 5.26. The van der Waals surface area contributed by atoms with Crippen LogP contribution < -0.4 is 0 Å². The van der Waals surface area contributed by atoms with Gasteiger partial charge in [-0.3, -0.25) is 5.10 Å². The molecule has 0 saturated carbocycles. The Bertz CT molecular complexity index is 600. The zero-order chi connectivity index (χ0) is 14.0. The minimum absolute atomic E-state index is 0.118. The monoisotopic (exact) mass is 258 g/mol. The summed E-state index contributed by atoms with van der Waals surface area (Å²) in [5.41, 5.74) is 4.22. The highest BCUT2D eigenvalue weighted by molar-refractivity contribution is 5.87. The van der Waals surface area contributed by atoms with Crippen LogP contribution in [-0.2, 0) is 6.42 Å². The van der Waals surface area contributed by atoms with Gasteiger partial charge in [-0.1, -0.05) is 32.9 Å². The number of aromatic amines is 1. The molecule has 2 aromatic rings. The van der Waals surface area contributed by atoms with Gasteiger partial charge in [-0.05, 0) is 35.6 Å². The number of aryl methyl sites for hydroxylation is 1. The van der Waals surface area contributed by atoms with E-state index in [0.29, 0.717) is 11.6 Å². The number of carboxylic acids is 1. The van der Waals surface area contributed by atoms with Crippen molar-refractivity contribution in [3.8, 4) is 11.3 Å². The second-order valence-corrected chi connectivity index (χ2v) is 4.90. The van der Waals surface area contributed by atoms with Crippen LogP contribution in [-0.4, -0.2) is 21.3 Å². The normalized spacial score (nSPS) is 10.9. The summed E-state index contributed by atoms with van der Waals surface area (Å²) in [6, 6.07) is 7.91. The van der Waals surface area contributed by atoms with Crippen LogP contribution in [0.1, 0.15) is 48.3 Å². The minimum Gasteiger partial charge on any atom is -0.477 e. The summed E-state index contributed by atoms with van der Waals surface area (Å²) in [5.74, 6) is -0.556. The van der Waals surface area contributed by atoms with Gasteiger partial charge in [0.25, 0.3) is 0 Å². The number of H-pyrrole nitrogens is 1. The van der Waals surface area contributed by atoms with Crippen LogP contribution in [0, 0.1) is 0 Å². The molecular formula is C15H18N2O2. The average molecular weight is 258 g/mol. The molecule has 1 heterocycles. The lowest BCUT2D eigenvalue weighted by molar-refractivity contribution is 0.0690. The van der Waals surface area contributed by atoms with Crippen LogP contribution in [0.3, 0.4) is 0 Å². The van der Waals surface area contributed by atoms with Crippen molar-refractivity contribution in [1.29, 1.82) is 0 Å². The van der Waals surface area contributed by atoms with Crippen LogP contribution in [0.4, 0.5) is 0 Å². The first-order valence-electron chi connectivity index (χ1n) is 6.44. The number of carbonyl (C=O) groups is 1. The molecule has 0 amide bonds. The molecule has 2 rings (SSSR count). The maximum Gasteiger partial charge on any atom is 0.353 e. The molecule has 0 radical (unpaired) electrons. The molecule has 0 bridgehead atoms. The highest BCUT2D eigenvalue weighted by Crippen LogP contribution is 2.27. The minimum atomic E-state index is -0.989. The standard InChI is InChI=1S/C15H18N2O2/c1-4-10-5-6-11(9(2)3)7-12(10)13-8-14(15(18)19)17-16-13/h5-9H,4H2,1-3H3,(H,16,17)(H,18,19). The molecule has 0 unspecified atom stereocenters. The number of aromatic nitrogens is 2. The lowest BCUT2D eigenvalue weighted by Crippen LogP contribution is -1.95. The van der Waals surface area contributed by atoms with Crippen molar-refractivity contribution in [2.45, 2.75) is 33.1 Å². The van der Waals surface area contributed by atoms with Gasteiger partial charge in [-0.25, -0.2) is 4.79 Å². The van der Waals surface area contributed by atoms with Gasteiger partial charge in [0.05, 0.1) is 5.69 Å². The van der Waals surface area contributed by atoms with Crippen molar-refractivity contribution in [3.63, 3.8) is 0 Å². The molecule has 0 aliphatic rings. The quantitative estimate of drug-likeness (QED) is 0.882. The van der Waals surface area contributed by atoms with Crippen molar-refractivity contribution >= 4 is 5.97 Å². The first-order valence-corrected chi connectivity index (χ1v) is 6.44. The maximum atomic E-state index is 10.9. The van der Waals surface area contributed by atoms with E-state index in [4.69, 9.17) is 5.11 Å². The van der Waals surface area contributed by atoms with Gasteiger partial charge < -0.3 is 5.11 Å². The summed E-state index contributed by atoms with van der Waals surface area (Å²) in [6.07, 6.45) is 0.892. The largest absolute Gasteiger partial charge is 0.477 e. The summed E-state index contributed by atoms with van der Waals surface area (Å²) in [6.45, 7) is 6.36. The van der Waals surface area contributed by atoms with E-state index in [9.17, 15) is 4.79 Å². The predicted octanol–water partition coefficient (Wildman–Crippen LogP) is 3.46. The average Bonchev–Trinajstić information content (AvgIpc) is 2.87. The van der Waals surface area contributed by atoms with Gasteiger partial charge in [0.1, 0.15) is 5.69 Å². The highest BCUT2D eigenvalue weighted by atomic mass is 16.4. The van der Waals surface area contributed by atoms with Crippen LogP contribution in [0.2, 0.25) is 0 Å². The zero-order valence-electron chi connectivity index (χ0n) is 11.4. The number of nitrogens with zero attached hydrogens (tertiary/aromatic N) is 1. The van der Waals surface area contributed by atoms with E-state index in [0.717, 1.165) is 12.0 Å². The van der Waals surface area contributed by atoms with Crippen molar-refractivity contribution in [1.82, 2.24) is 10.2 Å². The number of hydrogen-bond acceptors (Lipinski definition) is 2.